The minimum Gasteiger partial charge on any atom is -0.480 e. The average molecular weight is 482 g/mol. The summed E-state index contributed by atoms with van der Waals surface area (Å²) in [6.45, 7) is 12.8. The first kappa shape index (κ1) is 24.0. The molecule has 0 spiro atoms. The molecule has 2 aromatic carbocycles. The van der Waals surface area contributed by atoms with Crippen molar-refractivity contribution in [1.82, 2.24) is 0 Å². The molecule has 1 aromatic heterocycles. The van der Waals surface area contributed by atoms with E-state index in [0.29, 0.717) is 28.0 Å². The quantitative estimate of drug-likeness (QED) is 0.403. The first-order chi connectivity index (χ1) is 16.9. The number of allylic oxidation sites excluding steroid dienone is 4. The van der Waals surface area contributed by atoms with E-state index in [2.05, 4.69) is 52.6 Å². The fourth-order valence-corrected chi connectivity index (χ4v) is 5.05. The summed E-state index contributed by atoms with van der Waals surface area (Å²) in [5.74, 6) is -1.68. The summed E-state index contributed by atoms with van der Waals surface area (Å²) >= 11 is 0. The van der Waals surface area contributed by atoms with Gasteiger partial charge >= 0.3 is 0 Å². The number of fused-ring (bicyclic) bond motifs is 3. The van der Waals surface area contributed by atoms with Gasteiger partial charge in [0, 0.05) is 28.3 Å². The number of ketones is 2. The lowest BCUT2D eigenvalue weighted by Gasteiger charge is -2.30. The fraction of sp³-hybridized carbons (Fsp3) is 0.323. The number of nitrogens with zero attached hydrogens (tertiary/aromatic N) is 1. The number of carbonyl (C=O) groups is 2. The molecule has 0 saturated heterocycles. The summed E-state index contributed by atoms with van der Waals surface area (Å²) in [6.07, 6.45) is 6.86. The van der Waals surface area contributed by atoms with Crippen molar-refractivity contribution >= 4 is 28.8 Å². The Labute approximate surface area is 211 Å². The van der Waals surface area contributed by atoms with Gasteiger partial charge in [0.05, 0.1) is 23.1 Å². The maximum Gasteiger partial charge on any atom is 0.292 e. The molecule has 184 valence electrons. The standard InChI is InChI=1S/C31H31NO4/c1-30(2,3)17-14-21-22(29(35)36-28(21)23(15-17)31(4,5)6)16-32-24-13-9-12-20-25(24)27(34)19-11-8-7-10-18(19)26(20)33/h7-16,20,25,35H,1-6H3. The topological polar surface area (TPSA) is 79.9 Å². The van der Waals surface area contributed by atoms with Crippen molar-refractivity contribution in [2.45, 2.75) is 52.4 Å². The van der Waals surface area contributed by atoms with Crippen LogP contribution in [0.5, 0.6) is 5.95 Å². The molecular weight excluding hydrogens is 450 g/mol. The minimum absolute atomic E-state index is 0.0755. The van der Waals surface area contributed by atoms with Crippen LogP contribution in [0.3, 0.4) is 0 Å². The predicted molar refractivity (Wildman–Crippen MR) is 142 cm³/mol. The van der Waals surface area contributed by atoms with Crippen LogP contribution >= 0.6 is 0 Å². The van der Waals surface area contributed by atoms with E-state index in [1.807, 2.05) is 6.07 Å². The number of hydrogen-bond donors (Lipinski definition) is 1. The van der Waals surface area contributed by atoms with Crippen LogP contribution in [0.15, 0.2) is 69.7 Å². The lowest BCUT2D eigenvalue weighted by atomic mass is 9.71. The number of carbonyl (C=O) groups excluding carboxylic acids is 2. The van der Waals surface area contributed by atoms with Crippen molar-refractivity contribution < 1.29 is 19.1 Å². The van der Waals surface area contributed by atoms with Gasteiger partial charge in [-0.3, -0.25) is 14.6 Å². The molecule has 5 heteroatoms. The number of furan rings is 1. The SMILES string of the molecule is CC(C)(C)c1cc(C(C)(C)C)c2oc(O)c(C=NC3=CC=CC4C(=O)c5ccccc5C(=O)C34)c2c1. The molecule has 3 aromatic rings. The first-order valence-electron chi connectivity index (χ1n) is 12.3. The third-order valence-corrected chi connectivity index (χ3v) is 7.13. The Morgan fingerprint density at radius 3 is 2.25 bits per heavy atom. The van der Waals surface area contributed by atoms with E-state index in [1.165, 1.54) is 0 Å². The van der Waals surface area contributed by atoms with Crippen molar-refractivity contribution in [3.05, 3.63) is 88.1 Å². The maximum absolute atomic E-state index is 13.4. The maximum atomic E-state index is 13.4. The van der Waals surface area contributed by atoms with E-state index in [4.69, 9.17) is 4.42 Å². The van der Waals surface area contributed by atoms with Crippen LogP contribution in [0.25, 0.3) is 11.0 Å². The highest BCUT2D eigenvalue weighted by atomic mass is 16.5. The van der Waals surface area contributed by atoms with Gasteiger partial charge in [-0.1, -0.05) is 84.0 Å². The lowest BCUT2D eigenvalue weighted by molar-refractivity contribution is 0.0793. The first-order valence-corrected chi connectivity index (χ1v) is 12.3. The van der Waals surface area contributed by atoms with Crippen LogP contribution in [-0.4, -0.2) is 22.9 Å². The third-order valence-electron chi connectivity index (χ3n) is 7.13. The molecule has 0 saturated carbocycles. The van der Waals surface area contributed by atoms with Crippen LogP contribution in [0.2, 0.25) is 0 Å². The Morgan fingerprint density at radius 2 is 1.61 bits per heavy atom. The monoisotopic (exact) mass is 481 g/mol. The summed E-state index contributed by atoms with van der Waals surface area (Å²) in [5.41, 5.74) is 4.29. The van der Waals surface area contributed by atoms with Crippen LogP contribution < -0.4 is 0 Å². The van der Waals surface area contributed by atoms with E-state index in [-0.39, 0.29) is 28.3 Å². The van der Waals surface area contributed by atoms with E-state index >= 15 is 0 Å². The van der Waals surface area contributed by atoms with Crippen molar-refractivity contribution in [1.29, 1.82) is 0 Å². The normalized spacial score (nSPS) is 20.1. The van der Waals surface area contributed by atoms with Crippen molar-refractivity contribution in [2.75, 3.05) is 0 Å². The van der Waals surface area contributed by atoms with Gasteiger partial charge in [-0.2, -0.15) is 0 Å². The number of aromatic hydroxyl groups is 1. The number of rotatable bonds is 2. The molecule has 2 aliphatic rings. The smallest absolute Gasteiger partial charge is 0.292 e. The summed E-state index contributed by atoms with van der Waals surface area (Å²) in [7, 11) is 0. The second kappa shape index (κ2) is 8.16. The number of benzene rings is 2. The van der Waals surface area contributed by atoms with Gasteiger partial charge in [0.15, 0.2) is 11.6 Å². The van der Waals surface area contributed by atoms with Crippen molar-refractivity contribution in [2.24, 2.45) is 16.8 Å². The lowest BCUT2D eigenvalue weighted by Crippen LogP contribution is -2.37. The Bertz CT molecular complexity index is 1500. The van der Waals surface area contributed by atoms with Crippen molar-refractivity contribution in [3.63, 3.8) is 0 Å². The second-order valence-corrected chi connectivity index (χ2v) is 11.7. The zero-order valence-corrected chi connectivity index (χ0v) is 21.5. The molecule has 2 atom stereocenters. The highest BCUT2D eigenvalue weighted by Crippen LogP contribution is 2.41. The molecule has 2 aliphatic carbocycles. The predicted octanol–water partition coefficient (Wildman–Crippen LogP) is 6.92. The molecule has 0 aliphatic heterocycles. The van der Waals surface area contributed by atoms with Crippen molar-refractivity contribution in [3.8, 4) is 5.95 Å². The molecule has 36 heavy (non-hydrogen) atoms. The molecule has 5 rings (SSSR count). The van der Waals surface area contributed by atoms with Crippen LogP contribution in [0.1, 0.15) is 78.9 Å². The highest BCUT2D eigenvalue weighted by Gasteiger charge is 2.43. The molecule has 1 heterocycles. The molecule has 0 bridgehead atoms. The van der Waals surface area contributed by atoms with Gasteiger partial charge in [-0.15, -0.1) is 0 Å². The fourth-order valence-electron chi connectivity index (χ4n) is 5.05. The van der Waals surface area contributed by atoms with Crippen LogP contribution in [0.4, 0.5) is 0 Å². The third kappa shape index (κ3) is 3.83. The number of Topliss-reactive ketones (excluding diaryl/α,β-unsaturated/α-hetero) is 2. The van der Waals surface area contributed by atoms with Gasteiger partial charge in [0.1, 0.15) is 5.58 Å². The molecule has 1 N–H and O–H groups in total. The number of hydrogen-bond acceptors (Lipinski definition) is 5. The van der Waals surface area contributed by atoms with Gasteiger partial charge in [0.2, 0.25) is 0 Å². The molecule has 2 unspecified atom stereocenters. The van der Waals surface area contributed by atoms with Crippen LogP contribution in [-0.2, 0) is 10.8 Å². The Hall–Kier alpha value is -3.73. The molecule has 5 nitrogen and oxygen atoms in total. The molecule has 0 fully saturated rings. The second-order valence-electron chi connectivity index (χ2n) is 11.7. The zero-order chi connectivity index (χ0) is 26.0. The summed E-state index contributed by atoms with van der Waals surface area (Å²) in [5, 5.41) is 11.6. The molecule has 0 radical (unpaired) electrons. The Morgan fingerprint density at radius 1 is 0.944 bits per heavy atom. The summed E-state index contributed by atoms with van der Waals surface area (Å²) in [6, 6.07) is 11.1. The van der Waals surface area contributed by atoms with Gasteiger partial charge in [-0.05, 0) is 28.5 Å². The van der Waals surface area contributed by atoms with E-state index in [9.17, 15) is 14.7 Å². The molecular formula is C31H31NO4. The van der Waals surface area contributed by atoms with E-state index < -0.39 is 11.8 Å². The van der Waals surface area contributed by atoms with Crippen LogP contribution in [0, 0.1) is 11.8 Å². The zero-order valence-electron chi connectivity index (χ0n) is 21.5. The van der Waals surface area contributed by atoms with E-state index in [1.54, 1.807) is 48.7 Å². The van der Waals surface area contributed by atoms with Gasteiger partial charge in [0.25, 0.3) is 5.95 Å². The number of aliphatic imine (C=N–C) groups is 1. The highest BCUT2D eigenvalue weighted by molar-refractivity contribution is 6.18. The average Bonchev–Trinajstić information content (AvgIpc) is 3.13. The van der Waals surface area contributed by atoms with E-state index in [0.717, 1.165) is 16.5 Å². The summed E-state index contributed by atoms with van der Waals surface area (Å²) < 4.78 is 5.87. The molecule has 0 amide bonds. The van der Waals surface area contributed by atoms with Gasteiger partial charge in [-0.25, -0.2) is 0 Å². The Balaban J connectivity index is 1.61. The van der Waals surface area contributed by atoms with Gasteiger partial charge < -0.3 is 9.52 Å². The largest absolute Gasteiger partial charge is 0.480 e. The Kier molecular flexibility index (Phi) is 5.43. The minimum atomic E-state index is -0.691. The summed E-state index contributed by atoms with van der Waals surface area (Å²) in [4.78, 5) is 31.2.